The molecule has 1 amide bonds. The van der Waals surface area contributed by atoms with Gasteiger partial charge in [0.25, 0.3) is 5.91 Å². The van der Waals surface area contributed by atoms with Gasteiger partial charge in [-0.1, -0.05) is 23.9 Å². The number of rotatable bonds is 3. The fourth-order valence-electron chi connectivity index (χ4n) is 1.89. The van der Waals surface area contributed by atoms with Gasteiger partial charge >= 0.3 is 5.97 Å². The second kappa shape index (κ2) is 5.02. The summed E-state index contributed by atoms with van der Waals surface area (Å²) in [5.41, 5.74) is 0.656. The number of ether oxygens (including phenoxy) is 1. The Balaban J connectivity index is 2.19. The molecular formula is C13H15NO3S. The molecule has 1 N–H and O–H groups in total. The molecule has 18 heavy (non-hydrogen) atoms. The fraction of sp³-hybridized carbons (Fsp3) is 0.385. The minimum absolute atomic E-state index is 0.142. The van der Waals surface area contributed by atoms with Crippen molar-refractivity contribution in [2.75, 3.05) is 6.61 Å². The van der Waals surface area contributed by atoms with E-state index in [1.54, 1.807) is 13.0 Å². The van der Waals surface area contributed by atoms with Crippen LogP contribution in [-0.4, -0.2) is 23.4 Å². The molecule has 0 bridgehead atoms. The first-order chi connectivity index (χ1) is 8.54. The highest BCUT2D eigenvalue weighted by atomic mass is 32.2. The molecule has 1 aliphatic rings. The van der Waals surface area contributed by atoms with E-state index in [0.29, 0.717) is 12.2 Å². The van der Waals surface area contributed by atoms with Crippen molar-refractivity contribution >= 4 is 23.6 Å². The number of esters is 1. The molecule has 1 atom stereocenters. The molecule has 0 saturated carbocycles. The first-order valence-electron chi connectivity index (χ1n) is 5.80. The molecule has 1 unspecified atom stereocenters. The standard InChI is InChI=1S/C13H15NO3S/c1-3-17-11(15)8-13(2)14-12(16)9-6-4-5-7-10(9)18-13/h4-7H,3,8H2,1-2H3,(H,14,16). The molecule has 1 aliphatic heterocycles. The van der Waals surface area contributed by atoms with Gasteiger partial charge in [-0.25, -0.2) is 0 Å². The Hall–Kier alpha value is -1.49. The van der Waals surface area contributed by atoms with Crippen molar-refractivity contribution in [3.63, 3.8) is 0 Å². The topological polar surface area (TPSA) is 55.4 Å². The number of thioether (sulfide) groups is 1. The van der Waals surface area contributed by atoms with Crippen molar-refractivity contribution in [3.8, 4) is 0 Å². The Bertz CT molecular complexity index is 489. The van der Waals surface area contributed by atoms with E-state index in [1.807, 2.05) is 25.1 Å². The molecule has 1 aromatic rings. The van der Waals surface area contributed by atoms with Gasteiger partial charge in [-0.05, 0) is 26.0 Å². The van der Waals surface area contributed by atoms with E-state index in [0.717, 1.165) is 4.90 Å². The Morgan fingerprint density at radius 1 is 1.44 bits per heavy atom. The van der Waals surface area contributed by atoms with Crippen LogP contribution in [0.5, 0.6) is 0 Å². The van der Waals surface area contributed by atoms with E-state index in [4.69, 9.17) is 4.74 Å². The van der Waals surface area contributed by atoms with E-state index in [-0.39, 0.29) is 18.3 Å². The molecule has 1 heterocycles. The van der Waals surface area contributed by atoms with Gasteiger partial charge in [0.05, 0.1) is 23.5 Å². The molecule has 2 rings (SSSR count). The summed E-state index contributed by atoms with van der Waals surface area (Å²) < 4.78 is 4.93. The summed E-state index contributed by atoms with van der Waals surface area (Å²) in [6.45, 7) is 3.95. The minimum Gasteiger partial charge on any atom is -0.466 e. The van der Waals surface area contributed by atoms with Gasteiger partial charge in [-0.3, -0.25) is 9.59 Å². The molecule has 5 heteroatoms. The molecule has 0 aromatic heterocycles. The lowest BCUT2D eigenvalue weighted by Gasteiger charge is -2.34. The number of carbonyl (C=O) groups is 2. The highest BCUT2D eigenvalue weighted by Gasteiger charge is 2.36. The van der Waals surface area contributed by atoms with Crippen LogP contribution in [0.25, 0.3) is 0 Å². The normalized spacial score (nSPS) is 22.0. The quantitative estimate of drug-likeness (QED) is 0.851. The maximum absolute atomic E-state index is 12.0. The SMILES string of the molecule is CCOC(=O)CC1(C)NC(=O)c2ccccc2S1. The van der Waals surface area contributed by atoms with Crippen molar-refractivity contribution < 1.29 is 14.3 Å². The highest BCUT2D eigenvalue weighted by Crippen LogP contribution is 2.39. The van der Waals surface area contributed by atoms with Crippen LogP contribution in [0.1, 0.15) is 30.6 Å². The van der Waals surface area contributed by atoms with Gasteiger partial charge < -0.3 is 10.1 Å². The van der Waals surface area contributed by atoms with E-state index >= 15 is 0 Å². The maximum Gasteiger partial charge on any atom is 0.309 e. The van der Waals surface area contributed by atoms with Crippen LogP contribution in [0.2, 0.25) is 0 Å². The van der Waals surface area contributed by atoms with Gasteiger partial charge in [0, 0.05) is 4.90 Å². The summed E-state index contributed by atoms with van der Waals surface area (Å²) >= 11 is 1.48. The smallest absolute Gasteiger partial charge is 0.309 e. The zero-order valence-corrected chi connectivity index (χ0v) is 11.2. The zero-order chi connectivity index (χ0) is 13.2. The highest BCUT2D eigenvalue weighted by molar-refractivity contribution is 8.00. The number of hydrogen-bond donors (Lipinski definition) is 1. The maximum atomic E-state index is 12.0. The van der Waals surface area contributed by atoms with Crippen LogP contribution < -0.4 is 5.32 Å². The van der Waals surface area contributed by atoms with Crippen LogP contribution in [-0.2, 0) is 9.53 Å². The molecule has 4 nitrogen and oxygen atoms in total. The van der Waals surface area contributed by atoms with E-state index in [9.17, 15) is 9.59 Å². The van der Waals surface area contributed by atoms with Gasteiger partial charge in [0.1, 0.15) is 0 Å². The Morgan fingerprint density at radius 2 is 2.17 bits per heavy atom. The van der Waals surface area contributed by atoms with Gasteiger partial charge in [0.2, 0.25) is 0 Å². The lowest BCUT2D eigenvalue weighted by atomic mass is 10.1. The fourth-order valence-corrected chi connectivity index (χ4v) is 3.12. The summed E-state index contributed by atoms with van der Waals surface area (Å²) in [5, 5.41) is 2.86. The monoisotopic (exact) mass is 265 g/mol. The molecule has 0 fully saturated rings. The predicted octanol–water partition coefficient (Wildman–Crippen LogP) is 2.19. The lowest BCUT2D eigenvalue weighted by molar-refractivity contribution is -0.143. The first-order valence-corrected chi connectivity index (χ1v) is 6.62. The molecule has 0 aliphatic carbocycles. The number of amides is 1. The molecular weight excluding hydrogens is 250 g/mol. The third kappa shape index (κ3) is 2.67. The molecule has 0 radical (unpaired) electrons. The molecule has 0 saturated heterocycles. The third-order valence-corrected chi connectivity index (χ3v) is 3.90. The summed E-state index contributed by atoms with van der Waals surface area (Å²) in [7, 11) is 0. The first kappa shape index (κ1) is 13.0. The largest absolute Gasteiger partial charge is 0.466 e. The number of nitrogens with one attached hydrogen (secondary N) is 1. The van der Waals surface area contributed by atoms with Crippen LogP contribution in [0.15, 0.2) is 29.2 Å². The van der Waals surface area contributed by atoms with E-state index in [1.165, 1.54) is 11.8 Å². The van der Waals surface area contributed by atoms with E-state index in [2.05, 4.69) is 5.32 Å². The van der Waals surface area contributed by atoms with Gasteiger partial charge in [-0.2, -0.15) is 0 Å². The second-order valence-electron chi connectivity index (χ2n) is 4.26. The van der Waals surface area contributed by atoms with Crippen molar-refractivity contribution in [2.24, 2.45) is 0 Å². The number of benzene rings is 1. The van der Waals surface area contributed by atoms with Crippen molar-refractivity contribution in [1.29, 1.82) is 0 Å². The Labute approximate surface area is 110 Å². The minimum atomic E-state index is -0.641. The zero-order valence-electron chi connectivity index (χ0n) is 10.4. The summed E-state index contributed by atoms with van der Waals surface area (Å²) in [5.74, 6) is -0.441. The number of hydrogen-bond acceptors (Lipinski definition) is 4. The number of fused-ring (bicyclic) bond motifs is 1. The Kier molecular flexibility index (Phi) is 3.61. The van der Waals surface area contributed by atoms with Crippen molar-refractivity contribution in [2.45, 2.75) is 30.0 Å². The van der Waals surface area contributed by atoms with Gasteiger partial charge in [0.15, 0.2) is 0 Å². The molecule has 96 valence electrons. The number of carbonyl (C=O) groups excluding carboxylic acids is 2. The predicted molar refractivity (Wildman–Crippen MR) is 69.4 cm³/mol. The molecule has 0 spiro atoms. The average Bonchev–Trinajstić information content (AvgIpc) is 2.28. The van der Waals surface area contributed by atoms with Crippen LogP contribution in [0.3, 0.4) is 0 Å². The van der Waals surface area contributed by atoms with Crippen molar-refractivity contribution in [3.05, 3.63) is 29.8 Å². The summed E-state index contributed by atoms with van der Waals surface area (Å²) in [4.78, 5) is 23.8. The van der Waals surface area contributed by atoms with Crippen molar-refractivity contribution in [1.82, 2.24) is 5.32 Å². The van der Waals surface area contributed by atoms with Crippen LogP contribution in [0, 0.1) is 0 Å². The van der Waals surface area contributed by atoms with Crippen LogP contribution in [0.4, 0.5) is 0 Å². The van der Waals surface area contributed by atoms with Crippen LogP contribution >= 0.6 is 11.8 Å². The average molecular weight is 265 g/mol. The second-order valence-corrected chi connectivity index (χ2v) is 5.81. The summed E-state index contributed by atoms with van der Waals surface area (Å²) in [6, 6.07) is 7.38. The lowest BCUT2D eigenvalue weighted by Crippen LogP contribution is -2.47. The van der Waals surface area contributed by atoms with Gasteiger partial charge in [-0.15, -0.1) is 0 Å². The molecule has 1 aromatic carbocycles. The van der Waals surface area contributed by atoms with E-state index < -0.39 is 4.87 Å². The Morgan fingerprint density at radius 3 is 2.89 bits per heavy atom. The third-order valence-electron chi connectivity index (χ3n) is 2.63. The summed E-state index contributed by atoms with van der Waals surface area (Å²) in [6.07, 6.45) is 0.158.